The molecule has 1 aromatic rings. The Morgan fingerprint density at radius 1 is 1.33 bits per heavy atom. The van der Waals surface area contributed by atoms with Crippen molar-refractivity contribution in [3.63, 3.8) is 0 Å². The molecule has 0 aliphatic heterocycles. The molecular weight excluding hydrogens is 232 g/mol. The Labute approximate surface area is 107 Å². The lowest BCUT2D eigenvalue weighted by molar-refractivity contribution is 0.197. The number of nitrogens with two attached hydrogens (primary N) is 1. The third kappa shape index (κ3) is 4.60. The molecule has 0 aromatic heterocycles. The van der Waals surface area contributed by atoms with Crippen LogP contribution < -0.4 is 21.3 Å². The largest absolute Gasteiger partial charge is 0.495 e. The standard InChI is InChI=1S/C12H20N4O2/c1-17-9-5-8-14-12(16-13)15-10-6-3-4-7-11(10)18-2/h3-4,6-7H,5,8-9,13H2,1-2H3,(H2,14,15,16). The van der Waals surface area contributed by atoms with E-state index in [1.807, 2.05) is 24.3 Å². The quantitative estimate of drug-likeness (QED) is 0.231. The minimum absolute atomic E-state index is 0.496. The molecule has 6 nitrogen and oxygen atoms in total. The summed E-state index contributed by atoms with van der Waals surface area (Å²) in [6.07, 6.45) is 0.843. The molecular formula is C12H20N4O2. The summed E-state index contributed by atoms with van der Waals surface area (Å²) in [4.78, 5) is 4.28. The maximum Gasteiger partial charge on any atom is 0.210 e. The number of anilines is 1. The van der Waals surface area contributed by atoms with Gasteiger partial charge in [0.15, 0.2) is 0 Å². The molecule has 1 aromatic carbocycles. The molecule has 0 atom stereocenters. The molecule has 0 amide bonds. The Morgan fingerprint density at radius 2 is 2.11 bits per heavy atom. The third-order valence-electron chi connectivity index (χ3n) is 2.27. The zero-order valence-corrected chi connectivity index (χ0v) is 10.8. The van der Waals surface area contributed by atoms with Gasteiger partial charge >= 0.3 is 0 Å². The number of nitrogens with one attached hydrogen (secondary N) is 2. The lowest BCUT2D eigenvalue weighted by Gasteiger charge is -2.12. The van der Waals surface area contributed by atoms with Gasteiger partial charge in [-0.2, -0.15) is 0 Å². The van der Waals surface area contributed by atoms with Crippen molar-refractivity contribution in [2.75, 3.05) is 32.7 Å². The molecule has 0 radical (unpaired) electrons. The van der Waals surface area contributed by atoms with Gasteiger partial charge in [0, 0.05) is 20.3 Å². The van der Waals surface area contributed by atoms with Crippen molar-refractivity contribution in [1.29, 1.82) is 0 Å². The maximum absolute atomic E-state index is 5.41. The van der Waals surface area contributed by atoms with Crippen molar-refractivity contribution >= 4 is 11.6 Å². The van der Waals surface area contributed by atoms with Crippen LogP contribution in [0.1, 0.15) is 6.42 Å². The molecule has 0 fully saturated rings. The van der Waals surface area contributed by atoms with Crippen molar-refractivity contribution in [2.45, 2.75) is 6.42 Å². The fourth-order valence-corrected chi connectivity index (χ4v) is 1.40. The van der Waals surface area contributed by atoms with Gasteiger partial charge in [0.1, 0.15) is 5.75 Å². The van der Waals surface area contributed by atoms with Gasteiger partial charge in [-0.05, 0) is 18.6 Å². The Balaban J connectivity index is 2.61. The first-order valence-corrected chi connectivity index (χ1v) is 5.72. The Hall–Kier alpha value is -1.79. The second-order valence-electron chi connectivity index (χ2n) is 3.55. The highest BCUT2D eigenvalue weighted by Gasteiger charge is 2.03. The second-order valence-corrected chi connectivity index (χ2v) is 3.55. The molecule has 0 bridgehead atoms. The maximum atomic E-state index is 5.41. The monoisotopic (exact) mass is 252 g/mol. The van der Waals surface area contributed by atoms with Gasteiger partial charge in [-0.15, -0.1) is 0 Å². The number of nitrogens with zero attached hydrogens (tertiary/aromatic N) is 1. The van der Waals surface area contributed by atoms with E-state index in [2.05, 4.69) is 15.7 Å². The number of hydrogen-bond acceptors (Lipinski definition) is 4. The van der Waals surface area contributed by atoms with Crippen LogP contribution >= 0.6 is 0 Å². The van der Waals surface area contributed by atoms with E-state index in [4.69, 9.17) is 15.3 Å². The van der Waals surface area contributed by atoms with Crippen LogP contribution in [0.15, 0.2) is 29.3 Å². The lowest BCUT2D eigenvalue weighted by Crippen LogP contribution is -2.36. The predicted octanol–water partition coefficient (Wildman–Crippen LogP) is 0.963. The number of guanidine groups is 1. The average Bonchev–Trinajstić information content (AvgIpc) is 2.42. The number of hydrazine groups is 1. The van der Waals surface area contributed by atoms with Crippen LogP contribution in [0, 0.1) is 0 Å². The number of aliphatic imine (C=N–C) groups is 1. The van der Waals surface area contributed by atoms with Crippen LogP contribution in [0.3, 0.4) is 0 Å². The third-order valence-corrected chi connectivity index (χ3v) is 2.27. The van der Waals surface area contributed by atoms with E-state index >= 15 is 0 Å². The van der Waals surface area contributed by atoms with Gasteiger partial charge in [-0.25, -0.2) is 5.84 Å². The van der Waals surface area contributed by atoms with E-state index in [0.717, 1.165) is 17.9 Å². The molecule has 18 heavy (non-hydrogen) atoms. The Bertz CT molecular complexity index is 382. The number of hydrogen-bond donors (Lipinski definition) is 3. The van der Waals surface area contributed by atoms with Crippen LogP contribution in [0.5, 0.6) is 5.75 Å². The minimum Gasteiger partial charge on any atom is -0.495 e. The molecule has 4 N–H and O–H groups in total. The summed E-state index contributed by atoms with van der Waals surface area (Å²) in [5.41, 5.74) is 3.33. The van der Waals surface area contributed by atoms with Gasteiger partial charge < -0.3 is 14.8 Å². The Morgan fingerprint density at radius 3 is 2.78 bits per heavy atom. The van der Waals surface area contributed by atoms with E-state index in [9.17, 15) is 0 Å². The summed E-state index contributed by atoms with van der Waals surface area (Å²) >= 11 is 0. The molecule has 0 spiro atoms. The Kier molecular flexibility index (Phi) is 6.60. The van der Waals surface area contributed by atoms with E-state index in [0.29, 0.717) is 19.1 Å². The van der Waals surface area contributed by atoms with Crippen molar-refractivity contribution in [2.24, 2.45) is 10.8 Å². The molecule has 0 heterocycles. The van der Waals surface area contributed by atoms with E-state index in [1.54, 1.807) is 14.2 Å². The summed E-state index contributed by atoms with van der Waals surface area (Å²) in [5, 5.41) is 3.07. The van der Waals surface area contributed by atoms with Gasteiger partial charge in [0.25, 0.3) is 0 Å². The average molecular weight is 252 g/mol. The topological polar surface area (TPSA) is 80.9 Å². The summed E-state index contributed by atoms with van der Waals surface area (Å²) in [6, 6.07) is 7.56. The summed E-state index contributed by atoms with van der Waals surface area (Å²) in [7, 11) is 3.28. The number of rotatable bonds is 6. The molecule has 0 aliphatic rings. The fraction of sp³-hybridized carbons (Fsp3) is 0.417. The zero-order chi connectivity index (χ0) is 13.2. The summed E-state index contributed by atoms with van der Waals surface area (Å²) in [5.74, 6) is 6.64. The van der Waals surface area contributed by atoms with Crippen LogP contribution in [-0.4, -0.2) is 33.3 Å². The molecule has 1 rings (SSSR count). The van der Waals surface area contributed by atoms with Crippen molar-refractivity contribution < 1.29 is 9.47 Å². The fourth-order valence-electron chi connectivity index (χ4n) is 1.40. The van der Waals surface area contributed by atoms with Crippen LogP contribution in [0.4, 0.5) is 5.69 Å². The summed E-state index contributed by atoms with van der Waals surface area (Å²) < 4.78 is 10.2. The number of ether oxygens (including phenoxy) is 2. The highest BCUT2D eigenvalue weighted by atomic mass is 16.5. The van der Waals surface area contributed by atoms with Gasteiger partial charge in [0.05, 0.1) is 12.8 Å². The van der Waals surface area contributed by atoms with Crippen molar-refractivity contribution in [3.05, 3.63) is 24.3 Å². The van der Waals surface area contributed by atoms with Gasteiger partial charge in [-0.1, -0.05) is 12.1 Å². The molecule has 0 saturated carbocycles. The van der Waals surface area contributed by atoms with E-state index in [-0.39, 0.29) is 0 Å². The molecule has 100 valence electrons. The zero-order valence-electron chi connectivity index (χ0n) is 10.8. The van der Waals surface area contributed by atoms with Crippen LogP contribution in [0.2, 0.25) is 0 Å². The number of methoxy groups -OCH3 is 2. The van der Waals surface area contributed by atoms with Crippen molar-refractivity contribution in [1.82, 2.24) is 5.43 Å². The first-order chi connectivity index (χ1) is 8.81. The first kappa shape index (κ1) is 14.3. The SMILES string of the molecule is COCCCN=C(NN)Nc1ccccc1OC. The predicted molar refractivity (Wildman–Crippen MR) is 72.7 cm³/mol. The number of benzene rings is 1. The van der Waals surface area contributed by atoms with Gasteiger partial charge in [0.2, 0.25) is 5.96 Å². The molecule has 0 unspecified atom stereocenters. The highest BCUT2D eigenvalue weighted by molar-refractivity contribution is 5.94. The van der Waals surface area contributed by atoms with E-state index in [1.165, 1.54) is 0 Å². The first-order valence-electron chi connectivity index (χ1n) is 5.72. The molecule has 0 saturated heterocycles. The number of para-hydroxylation sites is 2. The van der Waals surface area contributed by atoms with E-state index < -0.39 is 0 Å². The smallest absolute Gasteiger partial charge is 0.210 e. The second kappa shape index (κ2) is 8.32. The van der Waals surface area contributed by atoms with Crippen LogP contribution in [0.25, 0.3) is 0 Å². The van der Waals surface area contributed by atoms with Crippen molar-refractivity contribution in [3.8, 4) is 5.75 Å². The molecule has 6 heteroatoms. The van der Waals surface area contributed by atoms with Gasteiger partial charge in [-0.3, -0.25) is 10.4 Å². The summed E-state index contributed by atoms with van der Waals surface area (Å²) in [6.45, 7) is 1.31. The van der Waals surface area contributed by atoms with Crippen LogP contribution in [-0.2, 0) is 4.74 Å². The molecule has 0 aliphatic carbocycles. The normalized spacial score (nSPS) is 11.2. The lowest BCUT2D eigenvalue weighted by atomic mass is 10.3. The minimum atomic E-state index is 0.496. The highest BCUT2D eigenvalue weighted by Crippen LogP contribution is 2.22.